The van der Waals surface area contributed by atoms with Crippen molar-refractivity contribution < 1.29 is 19.1 Å². The summed E-state index contributed by atoms with van der Waals surface area (Å²) in [5, 5.41) is 5.50. The van der Waals surface area contributed by atoms with Gasteiger partial charge < -0.3 is 20.4 Å². The van der Waals surface area contributed by atoms with Gasteiger partial charge in [-0.3, -0.25) is 14.4 Å². The van der Waals surface area contributed by atoms with Gasteiger partial charge >= 0.3 is 0 Å². The van der Waals surface area contributed by atoms with E-state index in [1.165, 1.54) is 6.92 Å². The number of fused-ring (bicyclic) bond motifs is 1. The number of aromatic nitrogens is 1. The van der Waals surface area contributed by atoms with E-state index in [-0.39, 0.29) is 17.6 Å². The van der Waals surface area contributed by atoms with Gasteiger partial charge in [0.2, 0.25) is 0 Å². The van der Waals surface area contributed by atoms with Gasteiger partial charge in [-0.05, 0) is 51.5 Å². The number of amides is 2. The Hall–Kier alpha value is -3.09. The van der Waals surface area contributed by atoms with Crippen LogP contribution in [0.1, 0.15) is 46.0 Å². The summed E-state index contributed by atoms with van der Waals surface area (Å²) in [4.78, 5) is 38.9. The minimum atomic E-state index is -0.553. The Bertz CT molecular complexity index is 898. The number of Topliss-reactive ketones (excluding diaryl/α,β-unsaturated/α-hetero) is 1. The van der Waals surface area contributed by atoms with Crippen LogP contribution in [0.5, 0.6) is 5.75 Å². The second-order valence-corrected chi connectivity index (χ2v) is 6.10. The molecule has 0 saturated carbocycles. The van der Waals surface area contributed by atoms with Crippen LogP contribution in [0.15, 0.2) is 18.2 Å². The van der Waals surface area contributed by atoms with E-state index in [4.69, 9.17) is 4.74 Å². The molecule has 2 amide bonds. The Labute approximate surface area is 144 Å². The average molecular weight is 341 g/mol. The zero-order valence-electron chi connectivity index (χ0n) is 14.4. The molecule has 3 rings (SSSR count). The highest BCUT2D eigenvalue weighted by molar-refractivity contribution is 6.08. The molecule has 1 aliphatic rings. The van der Waals surface area contributed by atoms with Crippen molar-refractivity contribution in [2.45, 2.75) is 33.8 Å². The monoisotopic (exact) mass is 341 g/mol. The smallest absolute Gasteiger partial charge is 0.272 e. The first-order chi connectivity index (χ1) is 11.8. The van der Waals surface area contributed by atoms with Crippen molar-refractivity contribution in [1.29, 1.82) is 0 Å². The molecular weight excluding hydrogens is 322 g/mol. The van der Waals surface area contributed by atoms with Gasteiger partial charge in [0.25, 0.3) is 11.8 Å². The van der Waals surface area contributed by atoms with E-state index in [1.807, 2.05) is 0 Å². The molecule has 0 aliphatic carbocycles. The van der Waals surface area contributed by atoms with Crippen LogP contribution in [0.25, 0.3) is 0 Å². The number of rotatable bonds is 3. The minimum absolute atomic E-state index is 0.0898. The molecule has 0 fully saturated rings. The molecule has 1 aliphatic heterocycles. The fourth-order valence-corrected chi connectivity index (χ4v) is 2.99. The van der Waals surface area contributed by atoms with Crippen molar-refractivity contribution in [1.82, 2.24) is 4.98 Å². The highest BCUT2D eigenvalue weighted by Gasteiger charge is 2.24. The zero-order valence-corrected chi connectivity index (χ0v) is 14.4. The number of anilines is 2. The topological polar surface area (TPSA) is 100 Å². The number of carbonyl (C=O) groups excluding carboxylic acids is 3. The van der Waals surface area contributed by atoms with Gasteiger partial charge in [0.05, 0.1) is 5.69 Å². The largest absolute Gasteiger partial charge is 0.479 e. The maximum atomic E-state index is 12.5. The number of ketones is 1. The summed E-state index contributed by atoms with van der Waals surface area (Å²) < 4.78 is 5.48. The molecule has 0 bridgehead atoms. The van der Waals surface area contributed by atoms with E-state index in [1.54, 1.807) is 39.0 Å². The number of hydrogen-bond donors (Lipinski definition) is 3. The maximum Gasteiger partial charge on any atom is 0.272 e. The highest BCUT2D eigenvalue weighted by atomic mass is 16.5. The Morgan fingerprint density at radius 2 is 1.96 bits per heavy atom. The van der Waals surface area contributed by atoms with E-state index in [0.29, 0.717) is 39.6 Å². The molecule has 0 spiro atoms. The third-order valence-electron chi connectivity index (χ3n) is 4.18. The molecule has 2 aromatic rings. The molecule has 1 atom stereocenters. The molecule has 7 heteroatoms. The lowest BCUT2D eigenvalue weighted by Gasteiger charge is -2.23. The molecule has 0 radical (unpaired) electrons. The first-order valence-corrected chi connectivity index (χ1v) is 7.91. The number of benzene rings is 1. The molecule has 1 aromatic carbocycles. The number of hydrogen-bond acceptors (Lipinski definition) is 4. The molecule has 7 nitrogen and oxygen atoms in total. The number of ether oxygens (including phenoxy) is 1. The summed E-state index contributed by atoms with van der Waals surface area (Å²) >= 11 is 0. The van der Waals surface area contributed by atoms with Crippen LogP contribution in [0.2, 0.25) is 0 Å². The summed E-state index contributed by atoms with van der Waals surface area (Å²) in [5.41, 5.74) is 3.17. The number of H-pyrrole nitrogens is 1. The summed E-state index contributed by atoms with van der Waals surface area (Å²) in [6.07, 6.45) is -0.553. The van der Waals surface area contributed by atoms with Crippen LogP contribution in [0.4, 0.5) is 11.4 Å². The molecule has 2 heterocycles. The summed E-state index contributed by atoms with van der Waals surface area (Å²) in [5.74, 6) is -0.133. The van der Waals surface area contributed by atoms with Gasteiger partial charge in [0.1, 0.15) is 11.4 Å². The van der Waals surface area contributed by atoms with Gasteiger partial charge in [-0.25, -0.2) is 0 Å². The SMILES string of the molecule is CC(=O)c1c(C)[nH]c(C(=O)Nc2ccc3c(c2)NC(=O)[C@@H](C)O3)c1C. The number of aryl methyl sites for hydroxylation is 1. The maximum absolute atomic E-state index is 12.5. The van der Waals surface area contributed by atoms with Crippen molar-refractivity contribution in [2.24, 2.45) is 0 Å². The summed E-state index contributed by atoms with van der Waals surface area (Å²) in [6, 6.07) is 5.01. The minimum Gasteiger partial charge on any atom is -0.479 e. The Morgan fingerprint density at radius 1 is 1.24 bits per heavy atom. The van der Waals surface area contributed by atoms with Crippen molar-refractivity contribution in [3.8, 4) is 5.75 Å². The van der Waals surface area contributed by atoms with Crippen molar-refractivity contribution in [2.75, 3.05) is 10.6 Å². The lowest BCUT2D eigenvalue weighted by Crippen LogP contribution is -2.34. The first kappa shape index (κ1) is 16.8. The first-order valence-electron chi connectivity index (χ1n) is 7.91. The molecule has 0 saturated heterocycles. The van der Waals surface area contributed by atoms with E-state index < -0.39 is 6.10 Å². The third kappa shape index (κ3) is 3.00. The Morgan fingerprint density at radius 3 is 2.60 bits per heavy atom. The standard InChI is InChI=1S/C18H19N3O4/c1-8-15(10(3)22)9(2)19-16(8)18(24)20-12-5-6-14-13(7-12)21-17(23)11(4)25-14/h5-7,11,19H,1-4H3,(H,20,24)(H,21,23)/t11-/m1/s1. The lowest BCUT2D eigenvalue weighted by molar-refractivity contribution is -0.122. The molecule has 1 aromatic heterocycles. The second-order valence-electron chi connectivity index (χ2n) is 6.10. The van der Waals surface area contributed by atoms with Gasteiger partial charge in [-0.1, -0.05) is 0 Å². The Balaban J connectivity index is 1.85. The van der Waals surface area contributed by atoms with E-state index in [9.17, 15) is 14.4 Å². The zero-order chi connectivity index (χ0) is 18.3. The van der Waals surface area contributed by atoms with Crippen molar-refractivity contribution in [3.63, 3.8) is 0 Å². The number of aromatic amines is 1. The average Bonchev–Trinajstić information content (AvgIpc) is 2.83. The fraction of sp³-hybridized carbons (Fsp3) is 0.278. The number of carbonyl (C=O) groups is 3. The van der Waals surface area contributed by atoms with Crippen LogP contribution < -0.4 is 15.4 Å². The second kappa shape index (κ2) is 6.08. The lowest BCUT2D eigenvalue weighted by atomic mass is 10.1. The molecular formula is C18H19N3O4. The van der Waals surface area contributed by atoms with Crippen molar-refractivity contribution >= 4 is 29.0 Å². The van der Waals surface area contributed by atoms with Crippen LogP contribution in [-0.2, 0) is 4.79 Å². The van der Waals surface area contributed by atoms with Crippen LogP contribution in [0.3, 0.4) is 0 Å². The third-order valence-corrected chi connectivity index (χ3v) is 4.18. The highest BCUT2D eigenvalue weighted by Crippen LogP contribution is 2.32. The predicted octanol–water partition coefficient (Wildman–Crippen LogP) is 2.81. The predicted molar refractivity (Wildman–Crippen MR) is 93.4 cm³/mol. The number of nitrogens with one attached hydrogen (secondary N) is 3. The fourth-order valence-electron chi connectivity index (χ4n) is 2.99. The van der Waals surface area contributed by atoms with E-state index in [2.05, 4.69) is 15.6 Å². The molecule has 25 heavy (non-hydrogen) atoms. The van der Waals surface area contributed by atoms with Crippen LogP contribution in [0, 0.1) is 13.8 Å². The van der Waals surface area contributed by atoms with E-state index >= 15 is 0 Å². The Kier molecular flexibility index (Phi) is 4.08. The van der Waals surface area contributed by atoms with Crippen molar-refractivity contribution in [3.05, 3.63) is 40.7 Å². The quantitative estimate of drug-likeness (QED) is 0.747. The van der Waals surface area contributed by atoms with E-state index in [0.717, 1.165) is 0 Å². The van der Waals surface area contributed by atoms with Gasteiger partial charge in [-0.2, -0.15) is 0 Å². The molecule has 3 N–H and O–H groups in total. The van der Waals surface area contributed by atoms with Gasteiger partial charge in [0, 0.05) is 16.9 Å². The van der Waals surface area contributed by atoms with Gasteiger partial charge in [-0.15, -0.1) is 0 Å². The van der Waals surface area contributed by atoms with Gasteiger partial charge in [0.15, 0.2) is 11.9 Å². The van der Waals surface area contributed by atoms with Crippen LogP contribution >= 0.6 is 0 Å². The molecule has 130 valence electrons. The summed E-state index contributed by atoms with van der Waals surface area (Å²) in [6.45, 7) is 6.62. The normalized spacial score (nSPS) is 15.8. The summed E-state index contributed by atoms with van der Waals surface area (Å²) in [7, 11) is 0. The van der Waals surface area contributed by atoms with Crippen LogP contribution in [-0.4, -0.2) is 28.7 Å². The molecule has 0 unspecified atom stereocenters.